The number of nitrogens with one attached hydrogen (secondary N) is 1. The van der Waals surface area contributed by atoms with Gasteiger partial charge in [-0.3, -0.25) is 0 Å². The van der Waals surface area contributed by atoms with Gasteiger partial charge in [-0.2, -0.15) is 0 Å². The summed E-state index contributed by atoms with van der Waals surface area (Å²) in [5.41, 5.74) is 0. The molecular weight excluding hydrogens is 232 g/mol. The molecule has 0 radical (unpaired) electrons. The van der Waals surface area contributed by atoms with Crippen molar-refractivity contribution in [1.29, 1.82) is 0 Å². The minimum absolute atomic E-state index is 0. The molecule has 2 unspecified atom stereocenters. The van der Waals surface area contributed by atoms with Gasteiger partial charge in [0.2, 0.25) is 0 Å². The van der Waals surface area contributed by atoms with Gasteiger partial charge in [-0.05, 0) is 31.6 Å². The second kappa shape index (κ2) is 7.60. The van der Waals surface area contributed by atoms with Crippen LogP contribution >= 0.6 is 12.4 Å². The maximum atomic E-state index is 3.53. The van der Waals surface area contributed by atoms with E-state index < -0.39 is 0 Å². The molecule has 1 aliphatic carbocycles. The van der Waals surface area contributed by atoms with Crippen LogP contribution in [0.5, 0.6) is 0 Å². The lowest BCUT2D eigenvalue weighted by molar-refractivity contribution is 0.143. The van der Waals surface area contributed by atoms with Gasteiger partial charge in [0.05, 0.1) is 0 Å². The molecule has 17 heavy (non-hydrogen) atoms. The van der Waals surface area contributed by atoms with Crippen LogP contribution in [0, 0.1) is 11.8 Å². The Morgan fingerprint density at radius 3 is 2.71 bits per heavy atom. The number of piperazine rings is 1. The molecule has 0 bridgehead atoms. The van der Waals surface area contributed by atoms with Crippen LogP contribution in [-0.4, -0.2) is 37.1 Å². The van der Waals surface area contributed by atoms with Crippen LogP contribution in [0.25, 0.3) is 0 Å². The number of nitrogens with zero attached hydrogens (tertiary/aromatic N) is 1. The van der Waals surface area contributed by atoms with E-state index in [4.69, 9.17) is 0 Å². The van der Waals surface area contributed by atoms with Crippen LogP contribution in [0.2, 0.25) is 0 Å². The van der Waals surface area contributed by atoms with Gasteiger partial charge in [-0.25, -0.2) is 0 Å². The molecular formula is C14H29ClN2. The zero-order chi connectivity index (χ0) is 11.4. The first-order valence-electron chi connectivity index (χ1n) is 7.23. The van der Waals surface area contributed by atoms with Gasteiger partial charge in [-0.15, -0.1) is 12.4 Å². The van der Waals surface area contributed by atoms with Crippen molar-refractivity contribution in [2.75, 3.05) is 26.2 Å². The summed E-state index contributed by atoms with van der Waals surface area (Å²) in [5, 5.41) is 3.53. The first-order chi connectivity index (χ1) is 7.78. The van der Waals surface area contributed by atoms with Gasteiger partial charge in [-0.1, -0.05) is 26.2 Å². The molecule has 1 saturated heterocycles. The molecule has 2 aliphatic rings. The number of hydrogen-bond acceptors (Lipinski definition) is 2. The Kier molecular flexibility index (Phi) is 6.83. The van der Waals surface area contributed by atoms with Crippen molar-refractivity contribution in [2.24, 2.45) is 11.8 Å². The first-order valence-corrected chi connectivity index (χ1v) is 7.23. The smallest absolute Gasteiger partial charge is 0.0167 e. The van der Waals surface area contributed by atoms with Gasteiger partial charge in [0.1, 0.15) is 0 Å². The number of hydrogen-bond donors (Lipinski definition) is 1. The Morgan fingerprint density at radius 1 is 1.24 bits per heavy atom. The second-order valence-corrected chi connectivity index (χ2v) is 5.92. The highest BCUT2D eigenvalue weighted by Crippen LogP contribution is 2.31. The van der Waals surface area contributed by atoms with Crippen molar-refractivity contribution in [3.05, 3.63) is 0 Å². The average molecular weight is 261 g/mol. The van der Waals surface area contributed by atoms with Crippen molar-refractivity contribution in [3.63, 3.8) is 0 Å². The highest BCUT2D eigenvalue weighted by atomic mass is 35.5. The molecule has 2 fully saturated rings. The van der Waals surface area contributed by atoms with E-state index in [-0.39, 0.29) is 12.4 Å². The molecule has 1 N–H and O–H groups in total. The fourth-order valence-electron chi connectivity index (χ4n) is 3.48. The molecule has 1 aliphatic heterocycles. The molecule has 0 spiro atoms. The van der Waals surface area contributed by atoms with Crippen molar-refractivity contribution in [1.82, 2.24) is 10.2 Å². The number of halogens is 1. The Hall–Kier alpha value is 0.210. The summed E-state index contributed by atoms with van der Waals surface area (Å²) in [4.78, 5) is 2.68. The molecule has 2 rings (SSSR count). The number of rotatable bonds is 3. The van der Waals surface area contributed by atoms with Crippen LogP contribution in [0.1, 0.15) is 46.0 Å². The monoisotopic (exact) mass is 260 g/mol. The van der Waals surface area contributed by atoms with Gasteiger partial charge in [0, 0.05) is 32.2 Å². The summed E-state index contributed by atoms with van der Waals surface area (Å²) in [6.07, 6.45) is 7.34. The van der Waals surface area contributed by atoms with Crippen LogP contribution < -0.4 is 5.32 Å². The molecule has 0 amide bonds. The molecule has 0 aromatic heterocycles. The summed E-state index contributed by atoms with van der Waals surface area (Å²) in [7, 11) is 0. The van der Waals surface area contributed by atoms with E-state index in [0.29, 0.717) is 6.04 Å². The lowest BCUT2D eigenvalue weighted by atomic mass is 9.80. The first kappa shape index (κ1) is 15.3. The standard InChI is InChI=1S/C14H28N2.ClH/c1-3-13-5-4-6-14(9-13)11-16-8-7-15-12(2)10-16;/h12-15H,3-11H2,1-2H3;1H/t12-,13?,14?;/m0./s1. The molecule has 3 heteroatoms. The van der Waals surface area contributed by atoms with Crippen molar-refractivity contribution in [3.8, 4) is 0 Å². The SMILES string of the molecule is CCC1CCCC(CN2CCN[C@@H](C)C2)C1.Cl. The fraction of sp³-hybridized carbons (Fsp3) is 1.00. The van der Waals surface area contributed by atoms with E-state index >= 15 is 0 Å². The van der Waals surface area contributed by atoms with Gasteiger partial charge in [0.25, 0.3) is 0 Å². The van der Waals surface area contributed by atoms with Gasteiger partial charge in [0.15, 0.2) is 0 Å². The Balaban J connectivity index is 0.00000144. The third-order valence-electron chi connectivity index (χ3n) is 4.44. The summed E-state index contributed by atoms with van der Waals surface area (Å²) in [6, 6.07) is 0.694. The maximum Gasteiger partial charge on any atom is 0.0167 e. The third-order valence-corrected chi connectivity index (χ3v) is 4.44. The predicted molar refractivity (Wildman–Crippen MR) is 76.9 cm³/mol. The van der Waals surface area contributed by atoms with Crippen molar-refractivity contribution in [2.45, 2.75) is 52.0 Å². The molecule has 3 atom stereocenters. The predicted octanol–water partition coefficient (Wildman–Crippen LogP) is 2.92. The van der Waals surface area contributed by atoms with E-state index in [2.05, 4.69) is 24.1 Å². The van der Waals surface area contributed by atoms with E-state index in [1.54, 1.807) is 0 Å². The maximum absolute atomic E-state index is 3.53. The molecule has 0 aromatic carbocycles. The van der Waals surface area contributed by atoms with Crippen molar-refractivity contribution < 1.29 is 0 Å². The van der Waals surface area contributed by atoms with Crippen LogP contribution in [-0.2, 0) is 0 Å². The van der Waals surface area contributed by atoms with Crippen LogP contribution in [0.15, 0.2) is 0 Å². The highest BCUT2D eigenvalue weighted by molar-refractivity contribution is 5.85. The lowest BCUT2D eigenvalue weighted by Crippen LogP contribution is -2.50. The quantitative estimate of drug-likeness (QED) is 0.840. The highest BCUT2D eigenvalue weighted by Gasteiger charge is 2.24. The molecule has 1 saturated carbocycles. The summed E-state index contributed by atoms with van der Waals surface area (Å²) in [6.45, 7) is 9.74. The zero-order valence-electron chi connectivity index (χ0n) is 11.5. The van der Waals surface area contributed by atoms with Gasteiger partial charge < -0.3 is 10.2 Å². The molecule has 0 aromatic rings. The zero-order valence-corrected chi connectivity index (χ0v) is 12.3. The summed E-state index contributed by atoms with van der Waals surface area (Å²) in [5.74, 6) is 2.02. The molecule has 1 heterocycles. The normalized spacial score (nSPS) is 35.3. The van der Waals surface area contributed by atoms with E-state index in [9.17, 15) is 0 Å². The summed E-state index contributed by atoms with van der Waals surface area (Å²) >= 11 is 0. The van der Waals surface area contributed by atoms with Gasteiger partial charge >= 0.3 is 0 Å². The Morgan fingerprint density at radius 2 is 2.00 bits per heavy atom. The van der Waals surface area contributed by atoms with Crippen LogP contribution in [0.3, 0.4) is 0 Å². The minimum atomic E-state index is 0. The fourth-order valence-corrected chi connectivity index (χ4v) is 3.48. The van der Waals surface area contributed by atoms with E-state index in [1.165, 1.54) is 58.3 Å². The Labute approximate surface area is 113 Å². The summed E-state index contributed by atoms with van der Waals surface area (Å²) < 4.78 is 0. The molecule has 102 valence electrons. The third kappa shape index (κ3) is 4.76. The van der Waals surface area contributed by atoms with E-state index in [1.807, 2.05) is 0 Å². The Bertz CT molecular complexity index is 210. The molecule has 2 nitrogen and oxygen atoms in total. The topological polar surface area (TPSA) is 15.3 Å². The van der Waals surface area contributed by atoms with E-state index in [0.717, 1.165) is 11.8 Å². The lowest BCUT2D eigenvalue weighted by Gasteiger charge is -2.37. The van der Waals surface area contributed by atoms with Crippen molar-refractivity contribution >= 4 is 12.4 Å². The largest absolute Gasteiger partial charge is 0.312 e. The van der Waals surface area contributed by atoms with Crippen LogP contribution in [0.4, 0.5) is 0 Å². The average Bonchev–Trinajstić information content (AvgIpc) is 2.29. The minimum Gasteiger partial charge on any atom is -0.312 e. The second-order valence-electron chi connectivity index (χ2n) is 5.92.